The topological polar surface area (TPSA) is 38.1 Å². The first kappa shape index (κ1) is 9.71. The Hall–Kier alpha value is -0.830. The van der Waals surface area contributed by atoms with E-state index >= 15 is 0 Å². The highest BCUT2D eigenvalue weighted by molar-refractivity contribution is 5.17. The Morgan fingerprint density at radius 1 is 1.57 bits per heavy atom. The molecule has 0 fully saturated rings. The Balaban J connectivity index is 2.21. The quantitative estimate of drug-likeness (QED) is 0.783. The number of fused-ring (bicyclic) bond motifs is 1. The Kier molecular flexibility index (Phi) is 2.59. The molecule has 2 rings (SSSR count). The van der Waals surface area contributed by atoms with E-state index in [0.717, 1.165) is 36.7 Å². The molecule has 1 aromatic heterocycles. The third-order valence-electron chi connectivity index (χ3n) is 2.56. The molecule has 2 heterocycles. The summed E-state index contributed by atoms with van der Waals surface area (Å²) in [7, 11) is 0. The maximum absolute atomic E-state index is 5.76. The number of nitrogens with one attached hydrogen (secondary N) is 1. The van der Waals surface area contributed by atoms with Crippen LogP contribution in [0.1, 0.15) is 44.2 Å². The zero-order chi connectivity index (χ0) is 10.1. The van der Waals surface area contributed by atoms with Crippen LogP contribution >= 0.6 is 0 Å². The molecule has 1 aromatic rings. The minimum atomic E-state index is 0.326. The fraction of sp³-hybridized carbons (Fsp3) is 0.727. The summed E-state index contributed by atoms with van der Waals surface area (Å²) in [5, 5.41) is 3.37. The molecule has 78 valence electrons. The number of oxazole rings is 1. The van der Waals surface area contributed by atoms with Gasteiger partial charge >= 0.3 is 0 Å². The van der Waals surface area contributed by atoms with Gasteiger partial charge in [0.25, 0.3) is 0 Å². The van der Waals surface area contributed by atoms with E-state index in [4.69, 9.17) is 4.42 Å². The van der Waals surface area contributed by atoms with Crippen molar-refractivity contribution >= 4 is 0 Å². The molecule has 14 heavy (non-hydrogen) atoms. The zero-order valence-electron chi connectivity index (χ0n) is 9.13. The zero-order valence-corrected chi connectivity index (χ0v) is 9.13. The average molecular weight is 194 g/mol. The van der Waals surface area contributed by atoms with Crippen molar-refractivity contribution in [2.45, 2.75) is 39.7 Å². The van der Waals surface area contributed by atoms with Gasteiger partial charge in [-0.25, -0.2) is 4.98 Å². The first-order chi connectivity index (χ1) is 6.66. The number of hydrogen-bond acceptors (Lipinski definition) is 3. The lowest BCUT2D eigenvalue weighted by Gasteiger charge is -2.16. The Morgan fingerprint density at radius 3 is 3.00 bits per heavy atom. The van der Waals surface area contributed by atoms with Crippen molar-refractivity contribution < 1.29 is 4.42 Å². The molecular weight excluding hydrogens is 176 g/mol. The normalized spacial score (nSPS) is 21.3. The van der Waals surface area contributed by atoms with Gasteiger partial charge in [0.1, 0.15) is 5.76 Å². The molecule has 0 amide bonds. The second-order valence-electron chi connectivity index (χ2n) is 4.44. The SMILES string of the molecule is CC(C)Cc1nc2c(o1)C(C)NCC2. The lowest BCUT2D eigenvalue weighted by molar-refractivity contribution is 0.377. The van der Waals surface area contributed by atoms with Gasteiger partial charge in [0.2, 0.25) is 0 Å². The Bertz CT molecular complexity index is 317. The van der Waals surface area contributed by atoms with Crippen LogP contribution < -0.4 is 5.32 Å². The Labute approximate surface area is 84.9 Å². The highest BCUT2D eigenvalue weighted by atomic mass is 16.4. The Morgan fingerprint density at radius 2 is 2.36 bits per heavy atom. The van der Waals surface area contributed by atoms with Gasteiger partial charge in [-0.15, -0.1) is 0 Å². The molecule has 0 spiro atoms. The molecule has 0 aromatic carbocycles. The van der Waals surface area contributed by atoms with E-state index in [2.05, 4.69) is 31.1 Å². The van der Waals surface area contributed by atoms with Crippen LogP contribution in [0.3, 0.4) is 0 Å². The van der Waals surface area contributed by atoms with E-state index in [1.165, 1.54) is 0 Å². The summed E-state index contributed by atoms with van der Waals surface area (Å²) in [6.07, 6.45) is 1.95. The first-order valence-electron chi connectivity index (χ1n) is 5.38. The van der Waals surface area contributed by atoms with Crippen molar-refractivity contribution in [2.75, 3.05) is 6.54 Å². The van der Waals surface area contributed by atoms with Crippen LogP contribution in [0, 0.1) is 5.92 Å². The smallest absolute Gasteiger partial charge is 0.194 e. The van der Waals surface area contributed by atoms with E-state index in [-0.39, 0.29) is 0 Å². The summed E-state index contributed by atoms with van der Waals surface area (Å²) in [4.78, 5) is 4.53. The lowest BCUT2D eigenvalue weighted by atomic mass is 10.1. The summed E-state index contributed by atoms with van der Waals surface area (Å²) >= 11 is 0. The molecule has 0 saturated heterocycles. The molecule has 3 heteroatoms. The van der Waals surface area contributed by atoms with Crippen LogP contribution in [0.15, 0.2) is 4.42 Å². The minimum Gasteiger partial charge on any atom is -0.444 e. The maximum Gasteiger partial charge on any atom is 0.194 e. The summed E-state index contributed by atoms with van der Waals surface area (Å²) in [5.74, 6) is 2.56. The van der Waals surface area contributed by atoms with Crippen LogP contribution in [0.4, 0.5) is 0 Å². The molecule has 1 N–H and O–H groups in total. The van der Waals surface area contributed by atoms with Crippen LogP contribution in [0.25, 0.3) is 0 Å². The summed E-state index contributed by atoms with van der Waals surface area (Å²) in [6, 6.07) is 0.326. The van der Waals surface area contributed by atoms with Gasteiger partial charge < -0.3 is 9.73 Å². The first-order valence-corrected chi connectivity index (χ1v) is 5.38. The van der Waals surface area contributed by atoms with Gasteiger partial charge in [-0.1, -0.05) is 13.8 Å². The van der Waals surface area contributed by atoms with Gasteiger partial charge in [0.05, 0.1) is 11.7 Å². The van der Waals surface area contributed by atoms with E-state index in [9.17, 15) is 0 Å². The molecule has 1 aliphatic heterocycles. The number of hydrogen-bond donors (Lipinski definition) is 1. The van der Waals surface area contributed by atoms with Gasteiger partial charge in [-0.2, -0.15) is 0 Å². The molecule has 1 aliphatic rings. The van der Waals surface area contributed by atoms with Crippen LogP contribution in [0.2, 0.25) is 0 Å². The van der Waals surface area contributed by atoms with Crippen LogP contribution in [-0.4, -0.2) is 11.5 Å². The fourth-order valence-corrected chi connectivity index (χ4v) is 1.87. The lowest BCUT2D eigenvalue weighted by Crippen LogP contribution is -2.26. The standard InChI is InChI=1S/C11H18N2O/c1-7(2)6-10-13-9-4-5-12-8(3)11(9)14-10/h7-8,12H,4-6H2,1-3H3. The van der Waals surface area contributed by atoms with Crippen LogP contribution in [0.5, 0.6) is 0 Å². The van der Waals surface area contributed by atoms with E-state index in [0.29, 0.717) is 12.0 Å². The molecule has 0 saturated carbocycles. The second-order valence-corrected chi connectivity index (χ2v) is 4.44. The van der Waals surface area contributed by atoms with Crippen molar-refractivity contribution in [3.63, 3.8) is 0 Å². The highest BCUT2D eigenvalue weighted by Gasteiger charge is 2.22. The van der Waals surface area contributed by atoms with E-state index in [1.807, 2.05) is 0 Å². The van der Waals surface area contributed by atoms with Gasteiger partial charge in [-0.3, -0.25) is 0 Å². The largest absolute Gasteiger partial charge is 0.444 e. The minimum absolute atomic E-state index is 0.326. The molecule has 3 nitrogen and oxygen atoms in total. The molecule has 1 unspecified atom stereocenters. The van der Waals surface area contributed by atoms with Gasteiger partial charge in [-0.05, 0) is 12.8 Å². The number of nitrogens with zero attached hydrogens (tertiary/aromatic N) is 1. The molecule has 0 radical (unpaired) electrons. The van der Waals surface area contributed by atoms with Gasteiger partial charge in [0.15, 0.2) is 5.89 Å². The van der Waals surface area contributed by atoms with Crippen molar-refractivity contribution in [1.29, 1.82) is 0 Å². The summed E-state index contributed by atoms with van der Waals surface area (Å²) < 4.78 is 5.76. The third-order valence-corrected chi connectivity index (χ3v) is 2.56. The molecule has 0 bridgehead atoms. The highest BCUT2D eigenvalue weighted by Crippen LogP contribution is 2.24. The average Bonchev–Trinajstić information content (AvgIpc) is 2.47. The van der Waals surface area contributed by atoms with Crippen molar-refractivity contribution in [3.8, 4) is 0 Å². The summed E-state index contributed by atoms with van der Waals surface area (Å²) in [5.41, 5.74) is 1.16. The van der Waals surface area contributed by atoms with Crippen molar-refractivity contribution in [3.05, 3.63) is 17.3 Å². The molecular formula is C11H18N2O. The van der Waals surface area contributed by atoms with E-state index in [1.54, 1.807) is 0 Å². The van der Waals surface area contributed by atoms with Crippen molar-refractivity contribution in [1.82, 2.24) is 10.3 Å². The van der Waals surface area contributed by atoms with Crippen molar-refractivity contribution in [2.24, 2.45) is 5.92 Å². The molecule has 1 atom stereocenters. The predicted molar refractivity (Wildman–Crippen MR) is 55.2 cm³/mol. The predicted octanol–water partition coefficient (Wildman–Crippen LogP) is 2.08. The number of aromatic nitrogens is 1. The maximum atomic E-state index is 5.76. The van der Waals surface area contributed by atoms with Gasteiger partial charge in [0, 0.05) is 19.4 Å². The third kappa shape index (κ3) is 1.82. The van der Waals surface area contributed by atoms with Crippen LogP contribution in [-0.2, 0) is 12.8 Å². The molecule has 0 aliphatic carbocycles. The monoisotopic (exact) mass is 194 g/mol. The number of rotatable bonds is 2. The summed E-state index contributed by atoms with van der Waals surface area (Å²) in [6.45, 7) is 7.51. The van der Waals surface area contributed by atoms with E-state index < -0.39 is 0 Å². The fourth-order valence-electron chi connectivity index (χ4n) is 1.87. The second kappa shape index (κ2) is 3.73.